The van der Waals surface area contributed by atoms with E-state index in [1.54, 1.807) is 0 Å². The second-order valence-electron chi connectivity index (χ2n) is 4.74. The molecule has 0 bridgehead atoms. The predicted molar refractivity (Wildman–Crippen MR) is 60.4 cm³/mol. The van der Waals surface area contributed by atoms with Crippen LogP contribution in [-0.2, 0) is 6.18 Å². The van der Waals surface area contributed by atoms with Crippen molar-refractivity contribution in [3.8, 4) is 5.75 Å². The second-order valence-corrected chi connectivity index (χ2v) is 4.74. The molecule has 0 atom stereocenters. The molecule has 2 nitrogen and oxygen atoms in total. The van der Waals surface area contributed by atoms with E-state index in [4.69, 9.17) is 4.74 Å². The van der Waals surface area contributed by atoms with Crippen LogP contribution in [0.5, 0.6) is 5.75 Å². The lowest BCUT2D eigenvalue weighted by atomic mass is 10.0. The molecule has 0 aromatic heterocycles. The Hall–Kier alpha value is -1.23. The molecule has 1 aromatic rings. The Balaban J connectivity index is 1.94. The molecule has 1 N–H and O–H groups in total. The van der Waals surface area contributed by atoms with Gasteiger partial charge in [0, 0.05) is 0 Å². The first-order valence-electron chi connectivity index (χ1n) is 5.92. The summed E-state index contributed by atoms with van der Waals surface area (Å²) in [6.45, 7) is 0.137. The van der Waals surface area contributed by atoms with E-state index >= 15 is 0 Å². The molecular weight excluding hydrogens is 245 g/mol. The minimum Gasteiger partial charge on any atom is -0.491 e. The van der Waals surface area contributed by atoms with Crippen molar-refractivity contribution in [2.45, 2.75) is 37.5 Å². The minimum atomic E-state index is -4.33. The summed E-state index contributed by atoms with van der Waals surface area (Å²) in [5.74, 6) is 0.350. The van der Waals surface area contributed by atoms with Crippen molar-refractivity contribution in [2.75, 3.05) is 6.61 Å². The Morgan fingerprint density at radius 2 is 1.67 bits per heavy atom. The van der Waals surface area contributed by atoms with Crippen LogP contribution in [0, 0.1) is 0 Å². The lowest BCUT2D eigenvalue weighted by molar-refractivity contribution is -0.137. The summed E-state index contributed by atoms with van der Waals surface area (Å²) in [7, 11) is 0. The SMILES string of the molecule is OC1(COc2ccc(C(F)(F)F)cc2)CCCC1. The molecule has 1 aliphatic carbocycles. The van der Waals surface area contributed by atoms with Gasteiger partial charge in [-0.05, 0) is 37.1 Å². The molecule has 0 amide bonds. The molecule has 1 fully saturated rings. The molecule has 0 radical (unpaired) electrons. The van der Waals surface area contributed by atoms with E-state index in [1.807, 2.05) is 0 Å². The zero-order valence-electron chi connectivity index (χ0n) is 9.83. The maximum absolute atomic E-state index is 12.3. The zero-order chi connectivity index (χ0) is 13.2. The average Bonchev–Trinajstić information content (AvgIpc) is 2.74. The quantitative estimate of drug-likeness (QED) is 0.902. The molecule has 100 valence electrons. The number of hydrogen-bond donors (Lipinski definition) is 1. The maximum atomic E-state index is 12.3. The molecule has 0 heterocycles. The van der Waals surface area contributed by atoms with Gasteiger partial charge in [-0.25, -0.2) is 0 Å². The van der Waals surface area contributed by atoms with Gasteiger partial charge in [-0.2, -0.15) is 13.2 Å². The number of hydrogen-bond acceptors (Lipinski definition) is 2. The highest BCUT2D eigenvalue weighted by atomic mass is 19.4. The topological polar surface area (TPSA) is 29.5 Å². The van der Waals surface area contributed by atoms with E-state index < -0.39 is 17.3 Å². The molecule has 2 rings (SSSR count). The normalized spacial score (nSPS) is 18.9. The van der Waals surface area contributed by atoms with E-state index in [-0.39, 0.29) is 6.61 Å². The zero-order valence-corrected chi connectivity index (χ0v) is 9.83. The van der Waals surface area contributed by atoms with Crippen LogP contribution in [0.15, 0.2) is 24.3 Å². The third-order valence-corrected chi connectivity index (χ3v) is 3.22. The fourth-order valence-electron chi connectivity index (χ4n) is 2.14. The van der Waals surface area contributed by atoms with Crippen LogP contribution in [0.3, 0.4) is 0 Å². The first kappa shape index (κ1) is 13.2. The van der Waals surface area contributed by atoms with Crippen LogP contribution in [0.2, 0.25) is 0 Å². The summed E-state index contributed by atoms with van der Waals surface area (Å²) in [4.78, 5) is 0. The number of aliphatic hydroxyl groups is 1. The van der Waals surface area contributed by atoms with Crippen LogP contribution in [0.25, 0.3) is 0 Å². The predicted octanol–water partition coefficient (Wildman–Crippen LogP) is 3.39. The van der Waals surface area contributed by atoms with Crippen molar-refractivity contribution < 1.29 is 23.0 Å². The van der Waals surface area contributed by atoms with E-state index in [1.165, 1.54) is 12.1 Å². The molecule has 1 aliphatic rings. The lowest BCUT2D eigenvalue weighted by Crippen LogP contribution is -2.32. The van der Waals surface area contributed by atoms with Gasteiger partial charge in [-0.15, -0.1) is 0 Å². The van der Waals surface area contributed by atoms with Crippen molar-refractivity contribution in [1.29, 1.82) is 0 Å². The van der Waals surface area contributed by atoms with Crippen molar-refractivity contribution >= 4 is 0 Å². The van der Waals surface area contributed by atoms with E-state index in [0.29, 0.717) is 18.6 Å². The van der Waals surface area contributed by atoms with Gasteiger partial charge in [-0.1, -0.05) is 12.8 Å². The number of halogens is 3. The van der Waals surface area contributed by atoms with Gasteiger partial charge in [0.15, 0.2) is 0 Å². The van der Waals surface area contributed by atoms with Gasteiger partial charge in [0.2, 0.25) is 0 Å². The van der Waals surface area contributed by atoms with Gasteiger partial charge in [-0.3, -0.25) is 0 Å². The first-order chi connectivity index (χ1) is 8.39. The average molecular weight is 260 g/mol. The number of benzene rings is 1. The number of rotatable bonds is 3. The van der Waals surface area contributed by atoms with Crippen molar-refractivity contribution in [1.82, 2.24) is 0 Å². The van der Waals surface area contributed by atoms with Crippen LogP contribution < -0.4 is 4.74 Å². The van der Waals surface area contributed by atoms with Crippen LogP contribution in [-0.4, -0.2) is 17.3 Å². The summed E-state index contributed by atoms with van der Waals surface area (Å²) >= 11 is 0. The fraction of sp³-hybridized carbons (Fsp3) is 0.538. The maximum Gasteiger partial charge on any atom is 0.416 e. The molecule has 1 saturated carbocycles. The molecule has 1 aromatic carbocycles. The summed E-state index contributed by atoms with van der Waals surface area (Å²) in [6.07, 6.45) is -1.02. The third-order valence-electron chi connectivity index (χ3n) is 3.22. The van der Waals surface area contributed by atoms with Gasteiger partial charge < -0.3 is 9.84 Å². The molecular formula is C13H15F3O2. The van der Waals surface area contributed by atoms with Crippen molar-refractivity contribution in [3.05, 3.63) is 29.8 Å². The van der Waals surface area contributed by atoms with E-state index in [0.717, 1.165) is 25.0 Å². The van der Waals surface area contributed by atoms with Gasteiger partial charge in [0.05, 0.1) is 11.2 Å². The standard InChI is InChI=1S/C13H15F3O2/c14-13(15,16)10-3-5-11(6-4-10)18-9-12(17)7-1-2-8-12/h3-6,17H,1-2,7-9H2. The molecule has 5 heteroatoms. The smallest absolute Gasteiger partial charge is 0.416 e. The highest BCUT2D eigenvalue weighted by molar-refractivity contribution is 5.28. The van der Waals surface area contributed by atoms with E-state index in [2.05, 4.69) is 0 Å². The number of alkyl halides is 3. The lowest BCUT2D eigenvalue weighted by Gasteiger charge is -2.22. The fourth-order valence-corrected chi connectivity index (χ4v) is 2.14. The Morgan fingerprint density at radius 1 is 1.11 bits per heavy atom. The van der Waals surface area contributed by atoms with Crippen LogP contribution in [0.1, 0.15) is 31.2 Å². The molecule has 18 heavy (non-hydrogen) atoms. The van der Waals surface area contributed by atoms with Crippen molar-refractivity contribution in [3.63, 3.8) is 0 Å². The highest BCUT2D eigenvalue weighted by Gasteiger charge is 2.32. The van der Waals surface area contributed by atoms with E-state index in [9.17, 15) is 18.3 Å². The monoisotopic (exact) mass is 260 g/mol. The Kier molecular flexibility index (Phi) is 3.52. The second kappa shape index (κ2) is 4.80. The summed E-state index contributed by atoms with van der Waals surface area (Å²) in [5, 5.41) is 10.0. The highest BCUT2D eigenvalue weighted by Crippen LogP contribution is 2.32. The van der Waals surface area contributed by atoms with Gasteiger partial charge in [0.25, 0.3) is 0 Å². The molecule has 0 aliphatic heterocycles. The summed E-state index contributed by atoms with van der Waals surface area (Å²) < 4.78 is 42.3. The van der Waals surface area contributed by atoms with Gasteiger partial charge in [0.1, 0.15) is 12.4 Å². The largest absolute Gasteiger partial charge is 0.491 e. The Labute approximate surface area is 103 Å². The molecule has 0 spiro atoms. The molecule has 0 saturated heterocycles. The summed E-state index contributed by atoms with van der Waals surface area (Å²) in [5.41, 5.74) is -1.52. The Bertz CT molecular complexity index is 392. The summed E-state index contributed by atoms with van der Waals surface area (Å²) in [6, 6.07) is 4.52. The van der Waals surface area contributed by atoms with Crippen molar-refractivity contribution in [2.24, 2.45) is 0 Å². The third kappa shape index (κ3) is 3.16. The van der Waals surface area contributed by atoms with Crippen LogP contribution >= 0.6 is 0 Å². The Morgan fingerprint density at radius 3 is 2.17 bits per heavy atom. The van der Waals surface area contributed by atoms with Crippen LogP contribution in [0.4, 0.5) is 13.2 Å². The first-order valence-corrected chi connectivity index (χ1v) is 5.92. The minimum absolute atomic E-state index is 0.137. The van der Waals surface area contributed by atoms with Gasteiger partial charge >= 0.3 is 6.18 Å². The number of ether oxygens (including phenoxy) is 1. The molecule has 0 unspecified atom stereocenters.